The van der Waals surface area contributed by atoms with Gasteiger partial charge in [0.15, 0.2) is 6.61 Å². The highest BCUT2D eigenvalue weighted by atomic mass is 32.1. The van der Waals surface area contributed by atoms with Gasteiger partial charge in [0, 0.05) is 25.4 Å². The van der Waals surface area contributed by atoms with Crippen molar-refractivity contribution >= 4 is 17.2 Å². The third kappa shape index (κ3) is 5.16. The summed E-state index contributed by atoms with van der Waals surface area (Å²) < 4.78 is 10.8. The van der Waals surface area contributed by atoms with E-state index in [4.69, 9.17) is 9.47 Å². The third-order valence-electron chi connectivity index (χ3n) is 5.30. The molecule has 0 aliphatic carbocycles. The molecule has 3 aromatic rings. The molecule has 2 heterocycles. The standard InChI is InChI=1S/C23H25N3O3S/c1-28-19-9-7-17(8-10-19)15-21-24-25-23(30-21)18-11-13-26(14-12-18)22(27)16-29-20-5-3-2-4-6-20/h2-10,18H,11-16H2,1H3. The normalized spacial score (nSPS) is 14.5. The number of piperidine rings is 1. The zero-order valence-corrected chi connectivity index (χ0v) is 17.8. The molecular formula is C23H25N3O3S. The molecule has 0 bridgehead atoms. The van der Waals surface area contributed by atoms with E-state index in [1.165, 1.54) is 5.56 Å². The summed E-state index contributed by atoms with van der Waals surface area (Å²) in [5.74, 6) is 1.98. The number of hydrogen-bond donors (Lipinski definition) is 0. The lowest BCUT2D eigenvalue weighted by Crippen LogP contribution is -2.40. The van der Waals surface area contributed by atoms with Crippen LogP contribution in [0.5, 0.6) is 11.5 Å². The first-order chi connectivity index (χ1) is 14.7. The van der Waals surface area contributed by atoms with Crippen LogP contribution in [0.15, 0.2) is 54.6 Å². The summed E-state index contributed by atoms with van der Waals surface area (Å²) in [4.78, 5) is 14.3. The largest absolute Gasteiger partial charge is 0.497 e. The predicted molar refractivity (Wildman–Crippen MR) is 116 cm³/mol. The van der Waals surface area contributed by atoms with Crippen LogP contribution in [-0.4, -0.2) is 47.8 Å². The molecule has 30 heavy (non-hydrogen) atoms. The van der Waals surface area contributed by atoms with Crippen molar-refractivity contribution in [3.63, 3.8) is 0 Å². The Morgan fingerprint density at radius 1 is 1.03 bits per heavy atom. The van der Waals surface area contributed by atoms with Gasteiger partial charge in [0.1, 0.15) is 21.5 Å². The van der Waals surface area contributed by atoms with E-state index in [0.717, 1.165) is 53.9 Å². The maximum absolute atomic E-state index is 12.4. The van der Waals surface area contributed by atoms with Gasteiger partial charge >= 0.3 is 0 Å². The number of amides is 1. The van der Waals surface area contributed by atoms with Gasteiger partial charge in [-0.1, -0.05) is 30.3 Å². The number of likely N-dealkylation sites (tertiary alicyclic amines) is 1. The molecule has 7 heteroatoms. The maximum atomic E-state index is 12.4. The number of methoxy groups -OCH3 is 1. The lowest BCUT2D eigenvalue weighted by Gasteiger charge is -2.30. The second kappa shape index (κ2) is 9.71. The highest BCUT2D eigenvalue weighted by Crippen LogP contribution is 2.31. The molecule has 4 rings (SSSR count). The number of benzene rings is 2. The van der Waals surface area contributed by atoms with E-state index >= 15 is 0 Å². The molecule has 2 aromatic carbocycles. The monoisotopic (exact) mass is 423 g/mol. The van der Waals surface area contributed by atoms with Crippen molar-refractivity contribution in [3.05, 3.63) is 70.2 Å². The van der Waals surface area contributed by atoms with Crippen LogP contribution in [0.3, 0.4) is 0 Å². The molecular weight excluding hydrogens is 398 g/mol. The Kier molecular flexibility index (Phi) is 6.59. The fourth-order valence-electron chi connectivity index (χ4n) is 3.55. The molecule has 156 valence electrons. The van der Waals surface area contributed by atoms with Gasteiger partial charge in [0.05, 0.1) is 7.11 Å². The Balaban J connectivity index is 1.26. The SMILES string of the molecule is COc1ccc(Cc2nnc(C3CCN(C(=O)COc4ccccc4)CC3)s2)cc1. The molecule has 0 unspecified atom stereocenters. The maximum Gasteiger partial charge on any atom is 0.260 e. The minimum absolute atomic E-state index is 0.0368. The summed E-state index contributed by atoms with van der Waals surface area (Å²) >= 11 is 1.68. The molecule has 6 nitrogen and oxygen atoms in total. The number of carbonyl (C=O) groups is 1. The van der Waals surface area contributed by atoms with Gasteiger partial charge in [-0.2, -0.15) is 0 Å². The van der Waals surface area contributed by atoms with Crippen LogP contribution >= 0.6 is 11.3 Å². The minimum atomic E-state index is 0.0368. The van der Waals surface area contributed by atoms with Crippen molar-refractivity contribution in [3.8, 4) is 11.5 Å². The first-order valence-electron chi connectivity index (χ1n) is 10.1. The van der Waals surface area contributed by atoms with Crippen molar-refractivity contribution in [2.75, 3.05) is 26.8 Å². The number of nitrogens with zero attached hydrogens (tertiary/aromatic N) is 3. The van der Waals surface area contributed by atoms with Crippen molar-refractivity contribution < 1.29 is 14.3 Å². The van der Waals surface area contributed by atoms with E-state index in [1.807, 2.05) is 47.4 Å². The van der Waals surface area contributed by atoms with Crippen molar-refractivity contribution in [2.45, 2.75) is 25.2 Å². The molecule has 1 aliphatic rings. The van der Waals surface area contributed by atoms with Gasteiger partial charge in [-0.25, -0.2) is 0 Å². The average molecular weight is 424 g/mol. The summed E-state index contributed by atoms with van der Waals surface area (Å²) in [5.41, 5.74) is 1.19. The summed E-state index contributed by atoms with van der Waals surface area (Å²) in [6.45, 7) is 1.55. The van der Waals surface area contributed by atoms with E-state index in [9.17, 15) is 4.79 Å². The third-order valence-corrected chi connectivity index (χ3v) is 6.39. The molecule has 0 spiro atoms. The fourth-order valence-corrected chi connectivity index (χ4v) is 4.60. The molecule has 1 saturated heterocycles. The van der Waals surface area contributed by atoms with Gasteiger partial charge in [-0.15, -0.1) is 21.5 Å². The van der Waals surface area contributed by atoms with E-state index in [0.29, 0.717) is 5.92 Å². The van der Waals surface area contributed by atoms with Gasteiger partial charge in [-0.05, 0) is 42.7 Å². The fraction of sp³-hybridized carbons (Fsp3) is 0.348. The molecule has 0 atom stereocenters. The zero-order chi connectivity index (χ0) is 20.8. The Morgan fingerprint density at radius 2 is 1.77 bits per heavy atom. The van der Waals surface area contributed by atoms with Crippen LogP contribution in [0.1, 0.15) is 34.3 Å². The molecule has 1 aliphatic heterocycles. The van der Waals surface area contributed by atoms with Gasteiger partial charge in [-0.3, -0.25) is 4.79 Å². The number of carbonyl (C=O) groups excluding carboxylic acids is 1. The van der Waals surface area contributed by atoms with Gasteiger partial charge in [0.25, 0.3) is 5.91 Å². The van der Waals surface area contributed by atoms with Gasteiger partial charge < -0.3 is 14.4 Å². The van der Waals surface area contributed by atoms with Gasteiger partial charge in [0.2, 0.25) is 0 Å². The Hall–Kier alpha value is -2.93. The van der Waals surface area contributed by atoms with Crippen molar-refractivity contribution in [2.24, 2.45) is 0 Å². The van der Waals surface area contributed by atoms with Crippen LogP contribution in [0.4, 0.5) is 0 Å². The molecule has 1 amide bonds. The summed E-state index contributed by atoms with van der Waals surface area (Å²) in [7, 11) is 1.67. The molecule has 1 aromatic heterocycles. The molecule has 0 N–H and O–H groups in total. The minimum Gasteiger partial charge on any atom is -0.497 e. The number of para-hydroxylation sites is 1. The Labute approximate surface area is 180 Å². The van der Waals surface area contributed by atoms with Crippen LogP contribution in [0.2, 0.25) is 0 Å². The quantitative estimate of drug-likeness (QED) is 0.576. The van der Waals surface area contributed by atoms with E-state index in [-0.39, 0.29) is 12.5 Å². The lowest BCUT2D eigenvalue weighted by atomic mass is 9.98. The number of aromatic nitrogens is 2. The first kappa shape index (κ1) is 20.3. The number of hydrogen-bond acceptors (Lipinski definition) is 6. The molecule has 0 radical (unpaired) electrons. The van der Waals surface area contributed by atoms with Crippen LogP contribution < -0.4 is 9.47 Å². The predicted octanol–water partition coefficient (Wildman–Crippen LogP) is 3.92. The molecule has 1 fully saturated rings. The Morgan fingerprint density at radius 3 is 2.47 bits per heavy atom. The average Bonchev–Trinajstić information content (AvgIpc) is 3.27. The summed E-state index contributed by atoms with van der Waals surface area (Å²) in [6.07, 6.45) is 2.60. The molecule has 0 saturated carbocycles. The Bertz CT molecular complexity index is 951. The first-order valence-corrected chi connectivity index (χ1v) is 10.9. The van der Waals surface area contributed by atoms with Crippen LogP contribution in [-0.2, 0) is 11.2 Å². The van der Waals surface area contributed by atoms with Crippen molar-refractivity contribution in [1.29, 1.82) is 0 Å². The topological polar surface area (TPSA) is 64.6 Å². The lowest BCUT2D eigenvalue weighted by molar-refractivity contribution is -0.134. The van der Waals surface area contributed by atoms with Crippen LogP contribution in [0.25, 0.3) is 0 Å². The van der Waals surface area contributed by atoms with Crippen molar-refractivity contribution in [1.82, 2.24) is 15.1 Å². The smallest absolute Gasteiger partial charge is 0.260 e. The van der Waals surface area contributed by atoms with E-state index in [2.05, 4.69) is 22.3 Å². The van der Waals surface area contributed by atoms with E-state index in [1.54, 1.807) is 18.4 Å². The number of ether oxygens (including phenoxy) is 2. The van der Waals surface area contributed by atoms with E-state index < -0.39 is 0 Å². The van der Waals surface area contributed by atoms with Crippen LogP contribution in [0, 0.1) is 0 Å². The number of rotatable bonds is 7. The highest BCUT2D eigenvalue weighted by molar-refractivity contribution is 7.11. The second-order valence-corrected chi connectivity index (χ2v) is 8.41. The summed E-state index contributed by atoms with van der Waals surface area (Å²) in [5, 5.41) is 10.9. The highest BCUT2D eigenvalue weighted by Gasteiger charge is 2.26. The second-order valence-electron chi connectivity index (χ2n) is 7.32. The summed E-state index contributed by atoms with van der Waals surface area (Å²) in [6, 6.07) is 17.5. The zero-order valence-electron chi connectivity index (χ0n) is 17.0.